The summed E-state index contributed by atoms with van der Waals surface area (Å²) in [4.78, 5) is 131. The predicted octanol–water partition coefficient (Wildman–Crippen LogP) is 4.54. The van der Waals surface area contributed by atoms with Crippen LogP contribution in [0.3, 0.4) is 0 Å². The highest BCUT2D eigenvalue weighted by atomic mass is 32.1. The molecule has 6 aliphatic rings. The van der Waals surface area contributed by atoms with Gasteiger partial charge in [0.1, 0.15) is 16.5 Å². The summed E-state index contributed by atoms with van der Waals surface area (Å²) in [5.74, 6) is -6.16. The zero-order valence-corrected chi connectivity index (χ0v) is 56.4. The van der Waals surface area contributed by atoms with Crippen LogP contribution in [0.4, 0.5) is 5.69 Å². The molecular formula is C64H93N10O16PS. The summed E-state index contributed by atoms with van der Waals surface area (Å²) >= 11 is 1.18. The average Bonchev–Trinajstić information content (AvgIpc) is 1.58. The van der Waals surface area contributed by atoms with E-state index in [0.29, 0.717) is 24.3 Å². The van der Waals surface area contributed by atoms with Gasteiger partial charge in [-0.25, -0.2) is 20.2 Å². The maximum absolute atomic E-state index is 14.4. The zero-order chi connectivity index (χ0) is 66.9. The van der Waals surface area contributed by atoms with Gasteiger partial charge in [-0.2, -0.15) is 0 Å². The number of aromatic hydroxyl groups is 1. The molecular weight excluding hydrogens is 1230 g/mol. The van der Waals surface area contributed by atoms with Crippen molar-refractivity contribution in [1.29, 1.82) is 0 Å². The molecule has 4 saturated heterocycles. The van der Waals surface area contributed by atoms with Crippen molar-refractivity contribution >= 4 is 77.7 Å². The molecule has 1 aromatic heterocycles. The fraction of sp³-hybridized carbons (Fsp3) is 0.656. The van der Waals surface area contributed by atoms with Gasteiger partial charge in [-0.1, -0.05) is 77.8 Å². The number of carbonyl (C=O) groups excluding carboxylic acids is 9. The van der Waals surface area contributed by atoms with Crippen molar-refractivity contribution in [1.82, 2.24) is 45.2 Å². The number of nitrogens with one attached hydrogen (secondary N) is 5. The van der Waals surface area contributed by atoms with Gasteiger partial charge in [-0.3, -0.25) is 62.4 Å². The van der Waals surface area contributed by atoms with Crippen molar-refractivity contribution < 1.29 is 76.5 Å². The highest BCUT2D eigenvalue weighted by molar-refractivity contribution is 7.57. The number of anilines is 1. The van der Waals surface area contributed by atoms with Gasteiger partial charge in [0.2, 0.25) is 35.4 Å². The van der Waals surface area contributed by atoms with Gasteiger partial charge in [0, 0.05) is 82.9 Å². The first-order valence-electron chi connectivity index (χ1n) is 32.1. The second-order valence-electron chi connectivity index (χ2n) is 25.8. The van der Waals surface area contributed by atoms with Crippen LogP contribution >= 0.6 is 18.9 Å². The largest absolute Gasteiger partial charge is 0.506 e. The van der Waals surface area contributed by atoms with Gasteiger partial charge in [0.05, 0.1) is 92.2 Å². The number of nitrogens with zero attached hydrogens (tertiary/aromatic N) is 5. The van der Waals surface area contributed by atoms with E-state index < -0.39 is 97.1 Å². The third-order valence-corrected chi connectivity index (χ3v) is 21.8. The third kappa shape index (κ3) is 16.7. The summed E-state index contributed by atoms with van der Waals surface area (Å²) < 4.78 is 43.0. The third-order valence-electron chi connectivity index (χ3n) is 18.8. The zero-order valence-electron chi connectivity index (χ0n) is 54.7. The number of ether oxygens (including phenoxy) is 5. The number of hydrogen-bond donors (Lipinski definition) is 6. The first-order chi connectivity index (χ1) is 43.7. The Kier molecular flexibility index (Phi) is 24.5. The van der Waals surface area contributed by atoms with Crippen LogP contribution in [0.25, 0.3) is 0 Å². The van der Waals surface area contributed by atoms with E-state index in [9.17, 15) is 52.8 Å². The fourth-order valence-corrected chi connectivity index (χ4v) is 15.3. The van der Waals surface area contributed by atoms with Crippen LogP contribution < -0.4 is 25.9 Å². The first-order valence-corrected chi connectivity index (χ1v) is 34.7. The predicted molar refractivity (Wildman–Crippen MR) is 340 cm³/mol. The summed E-state index contributed by atoms with van der Waals surface area (Å²) in [6.45, 7) is 15.2. The summed E-state index contributed by atoms with van der Waals surface area (Å²) in [6.07, 6.45) is 7.15. The Balaban J connectivity index is 0.774. The highest BCUT2D eigenvalue weighted by Gasteiger charge is 2.62. The molecule has 8 rings (SSSR count). The molecule has 0 spiro atoms. The second-order valence-corrected chi connectivity index (χ2v) is 28.8. The standard InChI is InChI=1S/C64H93N10O16PS/c1-12-14-40(68-57(79)43-35-92-58(70-43)50(88-38(6)75)34-44(36(3)4)72(11)59(80)41(37(5)13-2)33-51(77)64(7,8)71(9)10)31-39-15-16-45(76)42(32-39)69-52(78)21-27-86-29-30-87-28-24-67-91(85,65-22-25-73-60(81)53-46-17-18-47(89-46)54(53)61(73)82)66-23-26-74-62(83)55-48-19-20-49(90-48)56(55)63(74)84/h15-20,32,35-37,40-41,44,46-50,53-56,76H,12-14,21-31,33-34H2,1-11H3,(H,68,79)(H,69,78)(H3,65,66,67,85)/t37-,40+,41-,44+,46?,47?,48?,49?,50+,53?,54?,55?,56?,91?/m0/s1. The molecule has 7 amide bonds. The molecule has 2 aromatic rings. The van der Waals surface area contributed by atoms with Crippen LogP contribution in [-0.4, -0.2) is 205 Å². The lowest BCUT2D eigenvalue weighted by molar-refractivity contribution is -0.150. The molecule has 26 nitrogen and oxygen atoms in total. The monoisotopic (exact) mass is 1320 g/mol. The Morgan fingerprint density at radius 3 is 1.85 bits per heavy atom. The van der Waals surface area contributed by atoms with Crippen molar-refractivity contribution in [3.8, 4) is 5.75 Å². The number of benzene rings is 1. The molecule has 13 atom stereocenters. The first kappa shape index (κ1) is 71.7. The minimum Gasteiger partial charge on any atom is -0.506 e. The van der Waals surface area contributed by atoms with Crippen LogP contribution in [0.2, 0.25) is 0 Å². The number of hydrogen-bond acceptors (Lipinski definition) is 19. The smallest absolute Gasteiger partial charge is 0.303 e. The van der Waals surface area contributed by atoms with Crippen molar-refractivity contribution in [2.24, 2.45) is 41.4 Å². The molecule has 0 aliphatic carbocycles. The Bertz CT molecular complexity index is 3020. The molecule has 4 bridgehead atoms. The van der Waals surface area contributed by atoms with E-state index in [1.165, 1.54) is 34.1 Å². The summed E-state index contributed by atoms with van der Waals surface area (Å²) in [7, 11) is 1.72. The van der Waals surface area contributed by atoms with E-state index in [0.717, 1.165) is 12.0 Å². The fourth-order valence-electron chi connectivity index (χ4n) is 12.9. The van der Waals surface area contributed by atoms with Gasteiger partial charge in [0.25, 0.3) is 13.5 Å². The van der Waals surface area contributed by atoms with Crippen molar-refractivity contribution in [3.05, 3.63) is 64.1 Å². The van der Waals surface area contributed by atoms with Crippen LogP contribution in [-0.2, 0) is 73.0 Å². The molecule has 1 aromatic carbocycles. The lowest BCUT2D eigenvalue weighted by Crippen LogP contribution is -2.50. The summed E-state index contributed by atoms with van der Waals surface area (Å²) in [5.41, 5.74) is 0.263. The molecule has 4 fully saturated rings. The Hall–Kier alpha value is -6.13. The lowest BCUT2D eigenvalue weighted by atomic mass is 9.81. The van der Waals surface area contributed by atoms with E-state index in [-0.39, 0.29) is 149 Å². The van der Waals surface area contributed by atoms with Crippen molar-refractivity contribution in [2.45, 2.75) is 148 Å². The highest BCUT2D eigenvalue weighted by Crippen LogP contribution is 2.47. The van der Waals surface area contributed by atoms with E-state index in [1.54, 1.807) is 53.8 Å². The van der Waals surface area contributed by atoms with Crippen LogP contribution in [0.5, 0.6) is 5.75 Å². The Labute approximate surface area is 542 Å². The van der Waals surface area contributed by atoms with E-state index in [1.807, 2.05) is 67.5 Å². The normalized spacial score (nSPS) is 24.3. The number of ketones is 1. The van der Waals surface area contributed by atoms with Gasteiger partial charge < -0.3 is 44.3 Å². The maximum atomic E-state index is 14.4. The molecule has 28 heteroatoms. The minimum atomic E-state index is -3.69. The van der Waals surface area contributed by atoms with E-state index in [2.05, 4.69) is 30.9 Å². The van der Waals surface area contributed by atoms with Gasteiger partial charge in [-0.05, 0) is 70.3 Å². The van der Waals surface area contributed by atoms with Gasteiger partial charge >= 0.3 is 5.97 Å². The molecule has 92 heavy (non-hydrogen) atoms. The Morgan fingerprint density at radius 2 is 1.34 bits per heavy atom. The Morgan fingerprint density at radius 1 is 0.793 bits per heavy atom. The molecule has 0 radical (unpaired) electrons. The number of fused-ring (bicyclic) bond motifs is 10. The number of Topliss-reactive ketones (excluding diaryl/α,β-unsaturated/α-hetero) is 1. The molecule has 6 N–H and O–H groups in total. The van der Waals surface area contributed by atoms with Gasteiger partial charge in [0.15, 0.2) is 11.9 Å². The number of likely N-dealkylation sites (tertiary alicyclic amines) is 2. The van der Waals surface area contributed by atoms with Crippen molar-refractivity contribution in [2.75, 3.05) is 85.6 Å². The van der Waals surface area contributed by atoms with Crippen LogP contribution in [0.1, 0.15) is 121 Å². The number of phenolic OH excluding ortho intramolecular Hbond substituents is 1. The second kappa shape index (κ2) is 31.4. The summed E-state index contributed by atoms with van der Waals surface area (Å²) in [5, 5.41) is 27.4. The van der Waals surface area contributed by atoms with Crippen LogP contribution in [0.15, 0.2) is 47.9 Å². The number of imide groups is 2. The number of thiazole rings is 1. The topological polar surface area (TPSA) is 323 Å². The summed E-state index contributed by atoms with van der Waals surface area (Å²) in [6, 6.07) is 4.03. The molecule has 7 heterocycles. The van der Waals surface area contributed by atoms with Crippen molar-refractivity contribution in [3.63, 3.8) is 0 Å². The minimum absolute atomic E-state index is 0.0253. The molecule has 0 saturated carbocycles. The number of aromatic nitrogens is 1. The number of carbonyl (C=O) groups is 9. The SMILES string of the molecule is CCC[C@H](Cc1ccc(O)c(NC(=O)CCOCCOCCNP(=O)(NCCN2C(=O)C3C4C=CC(O4)C3C2=O)NCCN2C(=O)C3C4C=CC(O4)C3C2=O)c1)NC(=O)c1csc([C@@H](C[C@H](C(C)C)N(C)C(=O)[C@@H](CC(=O)C(C)(C)N(C)C)[C@@H](C)CC)OC(C)=O)n1. The molecule has 506 valence electrons. The number of phenols is 1. The van der Waals surface area contributed by atoms with E-state index in [4.69, 9.17) is 23.7 Å². The number of esters is 1. The molecule has 6 aliphatic heterocycles. The van der Waals surface area contributed by atoms with Gasteiger partial charge in [-0.15, -0.1) is 11.3 Å². The number of likely N-dealkylation sites (N-methyl/N-ethyl adjacent to an activating group) is 1. The quantitative estimate of drug-likeness (QED) is 0.0134. The number of rotatable bonds is 38. The average molecular weight is 1320 g/mol. The van der Waals surface area contributed by atoms with E-state index >= 15 is 0 Å². The number of amides is 7. The van der Waals surface area contributed by atoms with Crippen LogP contribution in [0, 0.1) is 41.4 Å². The lowest BCUT2D eigenvalue weighted by Gasteiger charge is -2.38. The molecule has 8 unspecified atom stereocenters. The maximum Gasteiger partial charge on any atom is 0.303 e.